The van der Waals surface area contributed by atoms with Crippen LogP contribution in [0.2, 0.25) is 5.02 Å². The Bertz CT molecular complexity index is 811. The lowest BCUT2D eigenvalue weighted by molar-refractivity contribution is 0.0993. The molecule has 5 heteroatoms. The second-order valence-electron chi connectivity index (χ2n) is 5.02. The number of carbonyl (C=O) groups is 1. The zero-order chi connectivity index (χ0) is 15.9. The molecule has 1 unspecified atom stereocenters. The van der Waals surface area contributed by atoms with E-state index in [4.69, 9.17) is 16.3 Å². The number of methoxy groups -OCH3 is 1. The molecule has 0 N–H and O–H groups in total. The maximum atomic E-state index is 12.9. The molecule has 1 heterocycles. The molecule has 0 saturated carbocycles. The molecule has 3 rings (SSSR count). The van der Waals surface area contributed by atoms with Gasteiger partial charge in [-0.1, -0.05) is 29.8 Å². The van der Waals surface area contributed by atoms with Gasteiger partial charge in [0.25, 0.3) is 5.91 Å². The van der Waals surface area contributed by atoms with Gasteiger partial charge in [-0.2, -0.15) is 5.26 Å². The molecule has 1 aliphatic heterocycles. The molecule has 1 aliphatic rings. The molecule has 0 fully saturated rings. The van der Waals surface area contributed by atoms with Crippen molar-refractivity contribution in [3.05, 3.63) is 58.1 Å². The summed E-state index contributed by atoms with van der Waals surface area (Å²) in [5.41, 5.74) is 2.46. The van der Waals surface area contributed by atoms with Gasteiger partial charge in [0, 0.05) is 10.6 Å². The summed E-state index contributed by atoms with van der Waals surface area (Å²) in [5.74, 6) is 0.318. The molecular formula is C17H13ClN2O2. The van der Waals surface area contributed by atoms with E-state index >= 15 is 0 Å². The second-order valence-corrected chi connectivity index (χ2v) is 5.42. The van der Waals surface area contributed by atoms with Crippen molar-refractivity contribution in [3.63, 3.8) is 0 Å². The number of hydrogen-bond acceptors (Lipinski definition) is 3. The van der Waals surface area contributed by atoms with Crippen molar-refractivity contribution in [1.82, 2.24) is 0 Å². The first kappa shape index (κ1) is 14.4. The number of fused-ring (bicyclic) bond motifs is 1. The maximum Gasteiger partial charge on any atom is 0.260 e. The van der Waals surface area contributed by atoms with Gasteiger partial charge >= 0.3 is 0 Å². The lowest BCUT2D eigenvalue weighted by atomic mass is 10.0. The number of anilines is 1. The number of amides is 1. The third-order valence-corrected chi connectivity index (χ3v) is 4.29. The molecule has 0 radical (unpaired) electrons. The largest absolute Gasteiger partial charge is 0.495 e. The smallest absolute Gasteiger partial charge is 0.260 e. The fourth-order valence-corrected chi connectivity index (χ4v) is 2.96. The Morgan fingerprint density at radius 2 is 2.00 bits per heavy atom. The van der Waals surface area contributed by atoms with Gasteiger partial charge in [-0.3, -0.25) is 9.69 Å². The van der Waals surface area contributed by atoms with Crippen LogP contribution in [0.5, 0.6) is 5.75 Å². The van der Waals surface area contributed by atoms with E-state index in [1.54, 1.807) is 31.2 Å². The number of benzene rings is 2. The summed E-state index contributed by atoms with van der Waals surface area (Å²) < 4.78 is 5.32. The molecule has 0 aromatic heterocycles. The van der Waals surface area contributed by atoms with Crippen LogP contribution >= 0.6 is 11.6 Å². The number of halogens is 1. The van der Waals surface area contributed by atoms with E-state index < -0.39 is 6.04 Å². The number of carbonyl (C=O) groups excluding carboxylic acids is 1. The van der Waals surface area contributed by atoms with Crippen LogP contribution in [0.25, 0.3) is 0 Å². The van der Waals surface area contributed by atoms with Crippen LogP contribution in [0, 0.1) is 18.3 Å². The van der Waals surface area contributed by atoms with Gasteiger partial charge in [0.15, 0.2) is 6.04 Å². The van der Waals surface area contributed by atoms with Crippen molar-refractivity contribution in [2.24, 2.45) is 0 Å². The van der Waals surface area contributed by atoms with Gasteiger partial charge in [-0.25, -0.2) is 0 Å². The van der Waals surface area contributed by atoms with Crippen LogP contribution in [0.4, 0.5) is 5.69 Å². The van der Waals surface area contributed by atoms with Gasteiger partial charge in [0.1, 0.15) is 5.75 Å². The molecule has 0 aliphatic carbocycles. The van der Waals surface area contributed by atoms with E-state index in [0.717, 1.165) is 0 Å². The molecule has 2 aromatic carbocycles. The zero-order valence-electron chi connectivity index (χ0n) is 12.1. The average Bonchev–Trinajstić information content (AvgIpc) is 2.83. The number of rotatable bonds is 2. The number of ether oxygens (including phenoxy) is 1. The van der Waals surface area contributed by atoms with E-state index in [-0.39, 0.29) is 5.91 Å². The highest BCUT2D eigenvalue weighted by molar-refractivity contribution is 6.32. The molecule has 22 heavy (non-hydrogen) atoms. The number of nitrogens with zero attached hydrogens (tertiary/aromatic N) is 2. The molecule has 0 spiro atoms. The van der Waals surface area contributed by atoms with Gasteiger partial charge in [-0.05, 0) is 30.7 Å². The highest BCUT2D eigenvalue weighted by Crippen LogP contribution is 2.43. The Kier molecular flexibility index (Phi) is 3.51. The molecule has 1 amide bonds. The predicted octanol–water partition coefficient (Wildman–Crippen LogP) is 3.88. The topological polar surface area (TPSA) is 53.3 Å². The molecule has 110 valence electrons. The SMILES string of the molecule is COc1ccccc1N1C(=O)c2c(ccc(Cl)c2C)C1C#N. The summed E-state index contributed by atoms with van der Waals surface area (Å²) in [6.45, 7) is 1.79. The number of para-hydroxylation sites is 2. The Balaban J connectivity index is 2.22. The first-order chi connectivity index (χ1) is 10.6. The Morgan fingerprint density at radius 3 is 2.68 bits per heavy atom. The normalized spacial score (nSPS) is 16.4. The van der Waals surface area contributed by atoms with Crippen molar-refractivity contribution in [3.8, 4) is 11.8 Å². The quantitative estimate of drug-likeness (QED) is 0.845. The lowest BCUT2D eigenvalue weighted by Gasteiger charge is -2.22. The van der Waals surface area contributed by atoms with Crippen molar-refractivity contribution in [2.45, 2.75) is 13.0 Å². The van der Waals surface area contributed by atoms with Crippen molar-refractivity contribution in [2.75, 3.05) is 12.0 Å². The summed E-state index contributed by atoms with van der Waals surface area (Å²) in [5, 5.41) is 10.1. The Labute approximate surface area is 133 Å². The third kappa shape index (κ3) is 1.94. The van der Waals surface area contributed by atoms with E-state index in [1.165, 1.54) is 12.0 Å². The fraction of sp³-hybridized carbons (Fsp3) is 0.176. The zero-order valence-corrected chi connectivity index (χ0v) is 12.9. The van der Waals surface area contributed by atoms with E-state index in [2.05, 4.69) is 6.07 Å². The second kappa shape index (κ2) is 5.36. The maximum absolute atomic E-state index is 12.9. The molecule has 2 aromatic rings. The summed E-state index contributed by atoms with van der Waals surface area (Å²) in [6.07, 6.45) is 0. The molecule has 4 nitrogen and oxygen atoms in total. The summed E-state index contributed by atoms with van der Waals surface area (Å²) in [7, 11) is 1.54. The monoisotopic (exact) mass is 312 g/mol. The first-order valence-corrected chi connectivity index (χ1v) is 7.13. The molecule has 0 saturated heterocycles. The Hall–Kier alpha value is -2.51. The minimum Gasteiger partial charge on any atom is -0.495 e. The predicted molar refractivity (Wildman–Crippen MR) is 84.3 cm³/mol. The van der Waals surface area contributed by atoms with Crippen LogP contribution in [0.1, 0.15) is 27.5 Å². The lowest BCUT2D eigenvalue weighted by Crippen LogP contribution is -2.27. The highest BCUT2D eigenvalue weighted by atomic mass is 35.5. The summed E-state index contributed by atoms with van der Waals surface area (Å²) in [6, 6.07) is 12.1. The summed E-state index contributed by atoms with van der Waals surface area (Å²) >= 11 is 6.12. The van der Waals surface area contributed by atoms with Gasteiger partial charge < -0.3 is 4.74 Å². The number of hydrogen-bond donors (Lipinski definition) is 0. The molecule has 0 bridgehead atoms. The van der Waals surface area contributed by atoms with Crippen LogP contribution in [0.15, 0.2) is 36.4 Å². The van der Waals surface area contributed by atoms with Crippen molar-refractivity contribution < 1.29 is 9.53 Å². The third-order valence-electron chi connectivity index (χ3n) is 3.88. The standard InChI is InChI=1S/C17H13ClN2O2/c1-10-12(18)8-7-11-14(9-19)20(17(21)16(10)11)13-5-3-4-6-15(13)22-2/h3-8,14H,1-2H3. The minimum atomic E-state index is -0.685. The van der Waals surface area contributed by atoms with Crippen molar-refractivity contribution in [1.29, 1.82) is 5.26 Å². The van der Waals surface area contributed by atoms with Gasteiger partial charge in [-0.15, -0.1) is 0 Å². The first-order valence-electron chi connectivity index (χ1n) is 6.75. The van der Waals surface area contributed by atoms with Crippen LogP contribution in [-0.2, 0) is 0 Å². The summed E-state index contributed by atoms with van der Waals surface area (Å²) in [4.78, 5) is 14.3. The highest BCUT2D eigenvalue weighted by Gasteiger charge is 2.40. The Morgan fingerprint density at radius 1 is 1.27 bits per heavy atom. The van der Waals surface area contributed by atoms with Crippen LogP contribution < -0.4 is 9.64 Å². The average molecular weight is 313 g/mol. The van der Waals surface area contributed by atoms with Gasteiger partial charge in [0.2, 0.25) is 0 Å². The van der Waals surface area contributed by atoms with Crippen molar-refractivity contribution >= 4 is 23.2 Å². The molecule has 1 atom stereocenters. The van der Waals surface area contributed by atoms with Gasteiger partial charge in [0.05, 0.1) is 24.4 Å². The number of nitriles is 1. The van der Waals surface area contributed by atoms with E-state index in [9.17, 15) is 10.1 Å². The fourth-order valence-electron chi connectivity index (χ4n) is 2.80. The minimum absolute atomic E-state index is 0.231. The molecular weight excluding hydrogens is 300 g/mol. The van der Waals surface area contributed by atoms with E-state index in [1.807, 2.05) is 12.1 Å². The van der Waals surface area contributed by atoms with E-state index in [0.29, 0.717) is 33.1 Å². The van der Waals surface area contributed by atoms with Crippen LogP contribution in [-0.4, -0.2) is 13.0 Å². The van der Waals surface area contributed by atoms with Crippen LogP contribution in [0.3, 0.4) is 0 Å².